The predicted octanol–water partition coefficient (Wildman–Crippen LogP) is 3.01. The van der Waals surface area contributed by atoms with Crippen LogP contribution in [0, 0.1) is 5.92 Å². The van der Waals surface area contributed by atoms with Crippen molar-refractivity contribution in [2.75, 3.05) is 25.1 Å². The summed E-state index contributed by atoms with van der Waals surface area (Å²) >= 11 is 0. The third-order valence-electron chi connectivity index (χ3n) is 5.37. The van der Waals surface area contributed by atoms with Crippen molar-refractivity contribution in [1.82, 2.24) is 19.6 Å². The smallest absolute Gasteiger partial charge is 0.411 e. The van der Waals surface area contributed by atoms with Gasteiger partial charge in [-0.05, 0) is 43.4 Å². The monoisotopic (exact) mass is 437 g/mol. The zero-order valence-corrected chi connectivity index (χ0v) is 18.1. The van der Waals surface area contributed by atoms with Crippen LogP contribution in [0.4, 0.5) is 10.5 Å². The lowest BCUT2D eigenvalue weighted by atomic mass is 10.0. The Morgan fingerprint density at radius 2 is 2.12 bits per heavy atom. The molecule has 3 heterocycles. The summed E-state index contributed by atoms with van der Waals surface area (Å²) in [6.07, 6.45) is 7.27. The Morgan fingerprint density at radius 3 is 2.94 bits per heavy atom. The van der Waals surface area contributed by atoms with Crippen LogP contribution in [-0.2, 0) is 22.4 Å². The molecule has 9 nitrogen and oxygen atoms in total. The van der Waals surface area contributed by atoms with E-state index in [0.717, 1.165) is 43.9 Å². The minimum atomic E-state index is -0.511. The third-order valence-corrected chi connectivity index (χ3v) is 5.37. The molecule has 2 aromatic heterocycles. The lowest BCUT2D eigenvalue weighted by Gasteiger charge is -2.21. The molecular formula is C23H27N5O4. The maximum atomic E-state index is 12.4. The average Bonchev–Trinajstić information content (AvgIpc) is 3.25. The number of rotatable bonds is 7. The van der Waals surface area contributed by atoms with E-state index >= 15 is 0 Å². The van der Waals surface area contributed by atoms with Crippen LogP contribution in [0.5, 0.6) is 0 Å². The second-order valence-corrected chi connectivity index (χ2v) is 7.77. The van der Waals surface area contributed by atoms with Gasteiger partial charge in [0.2, 0.25) is 5.43 Å². The first kappa shape index (κ1) is 21.8. The van der Waals surface area contributed by atoms with Crippen molar-refractivity contribution >= 4 is 11.8 Å². The fraction of sp³-hybridized carbons (Fsp3) is 0.391. The molecule has 1 amide bonds. The van der Waals surface area contributed by atoms with E-state index in [1.807, 2.05) is 23.0 Å². The Morgan fingerprint density at radius 1 is 1.28 bits per heavy atom. The molecule has 4 rings (SSSR count). The molecule has 1 saturated heterocycles. The number of ether oxygens (including phenoxy) is 2. The molecule has 1 aromatic carbocycles. The van der Waals surface area contributed by atoms with Crippen LogP contribution < -0.4 is 10.7 Å². The minimum Gasteiger partial charge on any atom is -0.450 e. The van der Waals surface area contributed by atoms with Crippen molar-refractivity contribution in [3.63, 3.8) is 0 Å². The first-order chi connectivity index (χ1) is 15.6. The molecular weight excluding hydrogens is 410 g/mol. The van der Waals surface area contributed by atoms with E-state index in [0.29, 0.717) is 30.3 Å². The fourth-order valence-corrected chi connectivity index (χ4v) is 3.72. The van der Waals surface area contributed by atoms with Crippen LogP contribution >= 0.6 is 0 Å². The van der Waals surface area contributed by atoms with Crippen molar-refractivity contribution in [2.45, 2.75) is 32.7 Å². The van der Waals surface area contributed by atoms with Gasteiger partial charge in [-0.25, -0.2) is 9.48 Å². The zero-order chi connectivity index (χ0) is 22.3. The highest BCUT2D eigenvalue weighted by Gasteiger charge is 2.15. The molecule has 1 aliphatic rings. The largest absolute Gasteiger partial charge is 0.450 e. The number of aromatic nitrogens is 4. The number of amides is 1. The van der Waals surface area contributed by atoms with Crippen molar-refractivity contribution in [2.24, 2.45) is 5.92 Å². The number of hydrogen-bond donors (Lipinski definition) is 1. The quantitative estimate of drug-likeness (QED) is 0.610. The Bertz CT molecular complexity index is 1120. The van der Waals surface area contributed by atoms with Crippen LogP contribution in [0.3, 0.4) is 0 Å². The van der Waals surface area contributed by atoms with Gasteiger partial charge in [-0.15, -0.1) is 0 Å². The van der Waals surface area contributed by atoms with Gasteiger partial charge in [-0.3, -0.25) is 14.8 Å². The summed E-state index contributed by atoms with van der Waals surface area (Å²) in [5.41, 5.74) is 2.54. The molecule has 0 unspecified atom stereocenters. The Labute approximate surface area is 186 Å². The van der Waals surface area contributed by atoms with E-state index in [-0.39, 0.29) is 5.43 Å². The normalized spacial score (nSPS) is 14.3. The lowest BCUT2D eigenvalue weighted by molar-refractivity contribution is 0.0601. The summed E-state index contributed by atoms with van der Waals surface area (Å²) in [4.78, 5) is 24.1. The van der Waals surface area contributed by atoms with Crippen molar-refractivity contribution < 1.29 is 14.3 Å². The van der Waals surface area contributed by atoms with E-state index in [2.05, 4.69) is 15.5 Å². The van der Waals surface area contributed by atoms with Crippen LogP contribution in [0.25, 0.3) is 5.69 Å². The molecule has 0 aliphatic carbocycles. The highest BCUT2D eigenvalue weighted by atomic mass is 16.5. The molecule has 32 heavy (non-hydrogen) atoms. The van der Waals surface area contributed by atoms with Gasteiger partial charge in [0.25, 0.3) is 0 Å². The number of carbonyl (C=O) groups excluding carboxylic acids is 1. The third kappa shape index (κ3) is 5.61. The number of nitrogens with zero attached hydrogens (tertiary/aromatic N) is 4. The summed E-state index contributed by atoms with van der Waals surface area (Å²) in [6, 6.07) is 8.80. The Balaban J connectivity index is 1.48. The molecule has 0 spiro atoms. The van der Waals surface area contributed by atoms with Crippen LogP contribution in [0.2, 0.25) is 0 Å². The summed E-state index contributed by atoms with van der Waals surface area (Å²) in [5, 5.41) is 11.7. The van der Waals surface area contributed by atoms with Gasteiger partial charge in [0, 0.05) is 44.1 Å². The molecule has 0 radical (unpaired) electrons. The zero-order valence-electron chi connectivity index (χ0n) is 18.1. The second kappa shape index (κ2) is 10.2. The SMILES string of the molecule is CCOC(=O)Nc1cccc(Cc2nn(-c3cnn(CC4CCOCC4)c3)ccc2=O)c1. The number of hydrogen-bond acceptors (Lipinski definition) is 6. The molecule has 1 fully saturated rings. The van der Waals surface area contributed by atoms with E-state index in [4.69, 9.17) is 9.47 Å². The molecule has 1 aliphatic heterocycles. The first-order valence-corrected chi connectivity index (χ1v) is 10.8. The molecule has 168 valence electrons. The number of carbonyl (C=O) groups is 1. The molecule has 0 saturated carbocycles. The van der Waals surface area contributed by atoms with E-state index in [1.165, 1.54) is 6.07 Å². The van der Waals surface area contributed by atoms with Gasteiger partial charge in [-0.2, -0.15) is 10.2 Å². The molecule has 3 aromatic rings. The maximum Gasteiger partial charge on any atom is 0.411 e. The maximum absolute atomic E-state index is 12.4. The lowest BCUT2D eigenvalue weighted by Crippen LogP contribution is -2.20. The second-order valence-electron chi connectivity index (χ2n) is 7.77. The number of benzene rings is 1. The topological polar surface area (TPSA) is 100 Å². The van der Waals surface area contributed by atoms with E-state index < -0.39 is 6.09 Å². The van der Waals surface area contributed by atoms with Gasteiger partial charge >= 0.3 is 6.09 Å². The molecule has 9 heteroatoms. The van der Waals surface area contributed by atoms with Gasteiger partial charge in [0.15, 0.2) is 0 Å². The van der Waals surface area contributed by atoms with Gasteiger partial charge in [0.05, 0.1) is 19.0 Å². The van der Waals surface area contributed by atoms with Gasteiger partial charge in [0.1, 0.15) is 11.4 Å². The fourth-order valence-electron chi connectivity index (χ4n) is 3.72. The molecule has 0 atom stereocenters. The highest BCUT2D eigenvalue weighted by molar-refractivity contribution is 5.84. The summed E-state index contributed by atoms with van der Waals surface area (Å²) < 4.78 is 13.9. The number of anilines is 1. The summed E-state index contributed by atoms with van der Waals surface area (Å²) in [6.45, 7) is 4.50. The van der Waals surface area contributed by atoms with Gasteiger partial charge in [-0.1, -0.05) is 12.1 Å². The van der Waals surface area contributed by atoms with E-state index in [9.17, 15) is 9.59 Å². The molecule has 0 bridgehead atoms. The van der Waals surface area contributed by atoms with Crippen molar-refractivity contribution in [3.05, 3.63) is 70.4 Å². The van der Waals surface area contributed by atoms with Crippen LogP contribution in [0.1, 0.15) is 31.0 Å². The highest BCUT2D eigenvalue weighted by Crippen LogP contribution is 2.17. The summed E-state index contributed by atoms with van der Waals surface area (Å²) in [5.74, 6) is 0.560. The first-order valence-electron chi connectivity index (χ1n) is 10.8. The van der Waals surface area contributed by atoms with Crippen molar-refractivity contribution in [3.8, 4) is 5.69 Å². The van der Waals surface area contributed by atoms with Crippen molar-refractivity contribution in [1.29, 1.82) is 0 Å². The van der Waals surface area contributed by atoms with Crippen LogP contribution in [0.15, 0.2) is 53.7 Å². The van der Waals surface area contributed by atoms with E-state index in [1.54, 1.807) is 36.1 Å². The number of nitrogens with one attached hydrogen (secondary N) is 1. The average molecular weight is 438 g/mol. The predicted molar refractivity (Wildman–Crippen MR) is 119 cm³/mol. The minimum absolute atomic E-state index is 0.139. The van der Waals surface area contributed by atoms with Gasteiger partial charge < -0.3 is 9.47 Å². The Hall–Kier alpha value is -3.46. The Kier molecular flexibility index (Phi) is 6.96. The molecule has 1 N–H and O–H groups in total. The summed E-state index contributed by atoms with van der Waals surface area (Å²) in [7, 11) is 0. The standard InChI is InChI=1S/C23H27N5O4/c1-2-32-23(30)25-19-5-3-4-18(12-19)13-21-22(29)6-9-28(26-21)20-14-24-27(16-20)15-17-7-10-31-11-8-17/h3-6,9,12,14,16-17H,2,7-8,10-11,13,15H2,1H3,(H,25,30). The van der Waals surface area contributed by atoms with Crippen LogP contribution in [-0.4, -0.2) is 45.5 Å².